The van der Waals surface area contributed by atoms with Crippen LogP contribution in [-0.4, -0.2) is 24.9 Å². The summed E-state index contributed by atoms with van der Waals surface area (Å²) in [6.45, 7) is 0. The molecule has 0 fully saturated rings. The summed E-state index contributed by atoms with van der Waals surface area (Å²) < 4.78 is 0.916. The van der Waals surface area contributed by atoms with Gasteiger partial charge in [0.05, 0.1) is 6.42 Å². The maximum Gasteiger partial charge on any atom is 0.168 e. The predicted octanol–water partition coefficient (Wildman–Crippen LogP) is 3.34. The quantitative estimate of drug-likeness (QED) is 0.811. The van der Waals surface area contributed by atoms with Gasteiger partial charge in [-0.3, -0.25) is 9.78 Å². The zero-order valence-electron chi connectivity index (χ0n) is 10.9. The van der Waals surface area contributed by atoms with Gasteiger partial charge in [0.15, 0.2) is 5.78 Å². The molecule has 0 spiro atoms. The standard InChI is InChI=1S/C15H15BrN2O/c1-18(2)14-7-3-11(4-8-14)15(19)9-13-6-5-12(16)10-17-13/h3-8,10H,9H2,1-2H3. The molecular weight excluding hydrogens is 304 g/mol. The maximum atomic E-state index is 12.1. The van der Waals surface area contributed by atoms with E-state index < -0.39 is 0 Å². The van der Waals surface area contributed by atoms with Gasteiger partial charge in [-0.1, -0.05) is 0 Å². The van der Waals surface area contributed by atoms with Gasteiger partial charge in [-0.05, 0) is 52.3 Å². The van der Waals surface area contributed by atoms with E-state index in [2.05, 4.69) is 20.9 Å². The van der Waals surface area contributed by atoms with Crippen molar-refractivity contribution in [3.8, 4) is 0 Å². The predicted molar refractivity (Wildman–Crippen MR) is 80.7 cm³/mol. The third kappa shape index (κ3) is 3.64. The van der Waals surface area contributed by atoms with Crippen molar-refractivity contribution in [3.05, 3.63) is 58.3 Å². The smallest absolute Gasteiger partial charge is 0.168 e. The number of nitrogens with zero attached hydrogens (tertiary/aromatic N) is 2. The van der Waals surface area contributed by atoms with Crippen molar-refractivity contribution in [2.75, 3.05) is 19.0 Å². The number of hydrogen-bond donors (Lipinski definition) is 0. The van der Waals surface area contributed by atoms with Crippen LogP contribution in [0.4, 0.5) is 5.69 Å². The number of hydrogen-bond acceptors (Lipinski definition) is 3. The number of ketones is 1. The molecule has 0 atom stereocenters. The van der Waals surface area contributed by atoms with E-state index in [0.29, 0.717) is 6.42 Å². The van der Waals surface area contributed by atoms with Crippen molar-refractivity contribution in [2.24, 2.45) is 0 Å². The van der Waals surface area contributed by atoms with E-state index in [0.717, 1.165) is 21.4 Å². The fourth-order valence-electron chi connectivity index (χ4n) is 1.72. The van der Waals surface area contributed by atoms with E-state index >= 15 is 0 Å². The molecule has 98 valence electrons. The first kappa shape index (κ1) is 13.7. The maximum absolute atomic E-state index is 12.1. The van der Waals surface area contributed by atoms with Crippen LogP contribution in [0, 0.1) is 0 Å². The Hall–Kier alpha value is -1.68. The molecule has 0 amide bonds. The van der Waals surface area contributed by atoms with Crippen molar-refractivity contribution in [1.82, 2.24) is 4.98 Å². The SMILES string of the molecule is CN(C)c1ccc(C(=O)Cc2ccc(Br)cn2)cc1. The Morgan fingerprint density at radius 3 is 2.37 bits per heavy atom. The van der Waals surface area contributed by atoms with Gasteiger partial charge >= 0.3 is 0 Å². The molecule has 19 heavy (non-hydrogen) atoms. The molecule has 2 rings (SSSR count). The van der Waals surface area contributed by atoms with Crippen LogP contribution < -0.4 is 4.90 Å². The molecule has 0 bridgehead atoms. The highest BCUT2D eigenvalue weighted by atomic mass is 79.9. The Balaban J connectivity index is 2.09. The lowest BCUT2D eigenvalue weighted by molar-refractivity contribution is 0.0992. The van der Waals surface area contributed by atoms with Crippen molar-refractivity contribution in [3.63, 3.8) is 0 Å². The summed E-state index contributed by atoms with van der Waals surface area (Å²) in [4.78, 5) is 18.3. The van der Waals surface area contributed by atoms with Gasteiger partial charge in [0.25, 0.3) is 0 Å². The lowest BCUT2D eigenvalue weighted by Gasteiger charge is -2.12. The average Bonchev–Trinajstić information content (AvgIpc) is 2.41. The van der Waals surface area contributed by atoms with Crippen LogP contribution >= 0.6 is 15.9 Å². The van der Waals surface area contributed by atoms with Gasteiger partial charge in [-0.15, -0.1) is 0 Å². The Morgan fingerprint density at radius 1 is 1.16 bits per heavy atom. The highest BCUT2D eigenvalue weighted by Crippen LogP contribution is 2.14. The first-order valence-electron chi connectivity index (χ1n) is 5.97. The van der Waals surface area contributed by atoms with Crippen LogP contribution in [0.25, 0.3) is 0 Å². The van der Waals surface area contributed by atoms with E-state index in [1.54, 1.807) is 6.20 Å². The first-order chi connectivity index (χ1) is 9.06. The lowest BCUT2D eigenvalue weighted by Crippen LogP contribution is -2.09. The minimum absolute atomic E-state index is 0.0835. The average molecular weight is 319 g/mol. The molecule has 4 heteroatoms. The number of rotatable bonds is 4. The number of Topliss-reactive ketones (excluding diaryl/α,β-unsaturated/α-hetero) is 1. The van der Waals surface area contributed by atoms with Gasteiger partial charge in [-0.2, -0.15) is 0 Å². The highest BCUT2D eigenvalue weighted by Gasteiger charge is 2.08. The Kier molecular flexibility index (Phi) is 4.32. The van der Waals surface area contributed by atoms with Crippen molar-refractivity contribution in [1.29, 1.82) is 0 Å². The topological polar surface area (TPSA) is 33.2 Å². The largest absolute Gasteiger partial charge is 0.378 e. The third-order valence-electron chi connectivity index (χ3n) is 2.84. The molecule has 0 radical (unpaired) electrons. The number of benzene rings is 1. The zero-order valence-corrected chi connectivity index (χ0v) is 12.5. The second-order valence-corrected chi connectivity index (χ2v) is 5.42. The highest BCUT2D eigenvalue weighted by molar-refractivity contribution is 9.10. The zero-order chi connectivity index (χ0) is 13.8. The lowest BCUT2D eigenvalue weighted by atomic mass is 10.1. The number of anilines is 1. The second kappa shape index (κ2) is 5.97. The van der Waals surface area contributed by atoms with Crippen LogP contribution in [-0.2, 0) is 6.42 Å². The molecule has 0 saturated heterocycles. The summed E-state index contributed by atoms with van der Waals surface area (Å²) in [6.07, 6.45) is 2.03. The molecule has 0 N–H and O–H groups in total. The molecule has 0 aliphatic carbocycles. The first-order valence-corrected chi connectivity index (χ1v) is 6.76. The van der Waals surface area contributed by atoms with E-state index in [1.807, 2.05) is 55.4 Å². The van der Waals surface area contributed by atoms with Crippen LogP contribution in [0.1, 0.15) is 16.1 Å². The molecule has 0 aliphatic heterocycles. The minimum atomic E-state index is 0.0835. The molecule has 1 heterocycles. The summed E-state index contributed by atoms with van der Waals surface area (Å²) in [5.74, 6) is 0.0835. The third-order valence-corrected chi connectivity index (χ3v) is 3.31. The van der Waals surface area contributed by atoms with Crippen LogP contribution in [0.5, 0.6) is 0 Å². The number of halogens is 1. The Bertz CT molecular complexity index is 562. The van der Waals surface area contributed by atoms with E-state index in [-0.39, 0.29) is 5.78 Å². The van der Waals surface area contributed by atoms with Crippen molar-refractivity contribution >= 4 is 27.4 Å². The van der Waals surface area contributed by atoms with Crippen LogP contribution in [0.3, 0.4) is 0 Å². The van der Waals surface area contributed by atoms with E-state index in [1.165, 1.54) is 0 Å². The fraction of sp³-hybridized carbons (Fsp3) is 0.200. The molecule has 1 aromatic carbocycles. The van der Waals surface area contributed by atoms with Crippen molar-refractivity contribution in [2.45, 2.75) is 6.42 Å². The normalized spacial score (nSPS) is 10.3. The summed E-state index contributed by atoms with van der Waals surface area (Å²) in [7, 11) is 3.95. The molecule has 0 aliphatic rings. The van der Waals surface area contributed by atoms with Gasteiger partial charge in [-0.25, -0.2) is 0 Å². The Morgan fingerprint density at radius 2 is 1.84 bits per heavy atom. The van der Waals surface area contributed by atoms with Crippen LogP contribution in [0.2, 0.25) is 0 Å². The molecule has 2 aromatic rings. The molecule has 3 nitrogen and oxygen atoms in total. The number of pyridine rings is 1. The fourth-order valence-corrected chi connectivity index (χ4v) is 1.96. The molecule has 1 aromatic heterocycles. The minimum Gasteiger partial charge on any atom is -0.378 e. The van der Waals surface area contributed by atoms with Crippen molar-refractivity contribution < 1.29 is 4.79 Å². The summed E-state index contributed by atoms with van der Waals surface area (Å²) in [5.41, 5.74) is 2.58. The Labute approximate surface area is 121 Å². The molecular formula is C15H15BrN2O. The van der Waals surface area contributed by atoms with Gasteiger partial charge < -0.3 is 4.90 Å². The summed E-state index contributed by atoms with van der Waals surface area (Å²) in [6, 6.07) is 11.4. The summed E-state index contributed by atoms with van der Waals surface area (Å²) in [5, 5.41) is 0. The van der Waals surface area contributed by atoms with Crippen LogP contribution in [0.15, 0.2) is 47.1 Å². The number of carbonyl (C=O) groups is 1. The van der Waals surface area contributed by atoms with E-state index in [9.17, 15) is 4.79 Å². The number of carbonyl (C=O) groups excluding carboxylic acids is 1. The molecule has 0 unspecified atom stereocenters. The van der Waals surface area contributed by atoms with Gasteiger partial charge in [0.1, 0.15) is 0 Å². The number of aromatic nitrogens is 1. The van der Waals surface area contributed by atoms with Gasteiger partial charge in [0, 0.05) is 41.7 Å². The second-order valence-electron chi connectivity index (χ2n) is 4.51. The van der Waals surface area contributed by atoms with Gasteiger partial charge in [0.2, 0.25) is 0 Å². The monoisotopic (exact) mass is 318 g/mol. The molecule has 0 saturated carbocycles. The van der Waals surface area contributed by atoms with E-state index in [4.69, 9.17) is 0 Å². The summed E-state index contributed by atoms with van der Waals surface area (Å²) >= 11 is 3.33.